The first-order valence-corrected chi connectivity index (χ1v) is 17.1. The van der Waals surface area contributed by atoms with Gasteiger partial charge in [0.25, 0.3) is 0 Å². The topological polar surface area (TPSA) is 153 Å². The molecule has 0 radical (unpaired) electrons. The van der Waals surface area contributed by atoms with Crippen LogP contribution < -0.4 is 35.0 Å². The second kappa shape index (κ2) is 15.8. The highest BCUT2D eigenvalue weighted by Crippen LogP contribution is 2.38. The van der Waals surface area contributed by atoms with Crippen molar-refractivity contribution in [2.45, 2.75) is 77.3 Å². The minimum absolute atomic E-state index is 0.195. The van der Waals surface area contributed by atoms with Gasteiger partial charge in [-0.2, -0.15) is 0 Å². The van der Waals surface area contributed by atoms with Crippen LogP contribution >= 0.6 is 15.9 Å². The molecule has 252 valence electrons. The molecule has 14 heteroatoms. The van der Waals surface area contributed by atoms with Gasteiger partial charge < -0.3 is 39.6 Å². The summed E-state index contributed by atoms with van der Waals surface area (Å²) in [6.45, 7) is 4.31. The Balaban J connectivity index is 0.000000134. The Labute approximate surface area is 288 Å². The third-order valence-electron chi connectivity index (χ3n) is 8.54. The van der Waals surface area contributed by atoms with E-state index in [1.54, 1.807) is 24.4 Å². The molecule has 0 spiro atoms. The van der Waals surface area contributed by atoms with Gasteiger partial charge in [0.2, 0.25) is 13.6 Å². The molecule has 0 saturated heterocycles. The lowest BCUT2D eigenvalue weighted by molar-refractivity contribution is 0.173. The summed E-state index contributed by atoms with van der Waals surface area (Å²) in [7, 11) is -1.46. The Morgan fingerprint density at radius 1 is 0.688 bits per heavy atom. The van der Waals surface area contributed by atoms with Crippen molar-refractivity contribution in [3.63, 3.8) is 0 Å². The predicted octanol–water partition coefficient (Wildman–Crippen LogP) is 5.53. The normalized spacial score (nSPS) is 16.1. The lowest BCUT2D eigenvalue weighted by atomic mass is 9.80. The van der Waals surface area contributed by atoms with Gasteiger partial charge in [-0.25, -0.2) is 19.9 Å². The Kier molecular flexibility index (Phi) is 11.1. The second-order valence-electron chi connectivity index (χ2n) is 12.1. The highest BCUT2D eigenvalue weighted by molar-refractivity contribution is 9.10. The zero-order valence-electron chi connectivity index (χ0n) is 27.1. The molecule has 4 aromatic rings. The summed E-state index contributed by atoms with van der Waals surface area (Å²) >= 11 is 3.45. The van der Waals surface area contributed by atoms with Crippen LogP contribution in [0.15, 0.2) is 53.3 Å². The van der Waals surface area contributed by atoms with Crippen molar-refractivity contribution in [2.75, 3.05) is 24.2 Å². The number of anilines is 2. The first-order chi connectivity index (χ1) is 23.3. The summed E-state index contributed by atoms with van der Waals surface area (Å²) in [5, 5.41) is 24.7. The molecule has 2 aromatic carbocycles. The zero-order chi connectivity index (χ0) is 33.5. The molecule has 2 aliphatic carbocycles. The molecule has 4 heterocycles. The Hall–Kier alpha value is -4.14. The average molecular weight is 719 g/mol. The number of hydrogen-bond donors (Lipinski definition) is 4. The van der Waals surface area contributed by atoms with Crippen LogP contribution in [0.25, 0.3) is 11.1 Å². The predicted molar refractivity (Wildman–Crippen MR) is 187 cm³/mol. The standard InChI is InChI=1S/C17H19N3O2.C10H14BrN3.C7H7BO4/c1-11-18-9-14(17(19-11)20-13-4-2-3-5-13)12-6-7-15-16(8-12)22-10-21-15;1-7-12-6-9(11)10(13-7)14-8-4-2-3-5-8;9-8(10)5-1-2-6-7(3-5)12-4-11-6/h6-9,13H,2-5,10H2,1H3,(H,18,19,20);6,8H,2-5H2,1H3,(H,12,13,14);1-3,9-10H,4H2. The first kappa shape index (κ1) is 33.8. The fourth-order valence-electron chi connectivity index (χ4n) is 6.01. The SMILES string of the molecule is Cc1ncc(-c2ccc3c(c2)OCO3)c(NC2CCCC2)n1.Cc1ncc(Br)c(NC2CCCC2)n1.OB(O)c1ccc2c(c1)OCO2. The Morgan fingerprint density at radius 3 is 1.83 bits per heavy atom. The first-order valence-electron chi connectivity index (χ1n) is 16.3. The number of halogens is 1. The average Bonchev–Trinajstić information content (AvgIpc) is 3.92. The van der Waals surface area contributed by atoms with Crippen LogP contribution in [0.5, 0.6) is 23.0 Å². The maximum atomic E-state index is 8.81. The third-order valence-corrected chi connectivity index (χ3v) is 9.12. The maximum absolute atomic E-state index is 8.81. The van der Waals surface area contributed by atoms with Crippen LogP contribution in [0.3, 0.4) is 0 Å². The molecule has 4 N–H and O–H groups in total. The molecule has 0 amide bonds. The highest BCUT2D eigenvalue weighted by Gasteiger charge is 2.21. The van der Waals surface area contributed by atoms with Gasteiger partial charge in [-0.05, 0) is 90.8 Å². The molecule has 2 saturated carbocycles. The van der Waals surface area contributed by atoms with Gasteiger partial charge >= 0.3 is 7.12 Å². The molecule has 2 fully saturated rings. The van der Waals surface area contributed by atoms with E-state index in [1.807, 2.05) is 38.2 Å². The van der Waals surface area contributed by atoms with Crippen LogP contribution in [0, 0.1) is 13.8 Å². The van der Waals surface area contributed by atoms with E-state index in [-0.39, 0.29) is 13.6 Å². The van der Waals surface area contributed by atoms with Crippen molar-refractivity contribution in [1.29, 1.82) is 0 Å². The number of aromatic nitrogens is 4. The number of nitrogens with one attached hydrogen (secondary N) is 2. The van der Waals surface area contributed by atoms with E-state index in [1.165, 1.54) is 51.4 Å². The van der Waals surface area contributed by atoms with Gasteiger partial charge in [-0.15, -0.1) is 0 Å². The molecule has 0 unspecified atom stereocenters. The number of nitrogens with zero attached hydrogens (tertiary/aromatic N) is 4. The molecule has 2 aromatic heterocycles. The fourth-order valence-corrected chi connectivity index (χ4v) is 6.32. The van der Waals surface area contributed by atoms with Crippen molar-refractivity contribution in [3.8, 4) is 34.1 Å². The molecule has 12 nitrogen and oxygen atoms in total. The van der Waals surface area contributed by atoms with Gasteiger partial charge in [-0.3, -0.25) is 0 Å². The number of fused-ring (bicyclic) bond motifs is 2. The van der Waals surface area contributed by atoms with Gasteiger partial charge in [0.1, 0.15) is 23.3 Å². The quantitative estimate of drug-likeness (QED) is 0.185. The van der Waals surface area contributed by atoms with E-state index in [4.69, 9.17) is 29.0 Å². The van der Waals surface area contributed by atoms with E-state index in [0.29, 0.717) is 29.0 Å². The van der Waals surface area contributed by atoms with E-state index in [9.17, 15) is 0 Å². The van der Waals surface area contributed by atoms with Crippen molar-refractivity contribution < 1.29 is 29.0 Å². The molecule has 2 aliphatic heterocycles. The highest BCUT2D eigenvalue weighted by atomic mass is 79.9. The van der Waals surface area contributed by atoms with Crippen LogP contribution in [-0.2, 0) is 0 Å². The van der Waals surface area contributed by atoms with Gasteiger partial charge in [-0.1, -0.05) is 37.8 Å². The Bertz CT molecular complexity index is 1700. The summed E-state index contributed by atoms with van der Waals surface area (Å²) in [6.07, 6.45) is 13.9. The molecule has 48 heavy (non-hydrogen) atoms. The minimum atomic E-state index is -1.46. The number of benzene rings is 2. The number of hydrogen-bond acceptors (Lipinski definition) is 12. The van der Waals surface area contributed by atoms with E-state index in [2.05, 4.69) is 46.5 Å². The summed E-state index contributed by atoms with van der Waals surface area (Å²) < 4.78 is 21.9. The number of rotatable bonds is 6. The second-order valence-corrected chi connectivity index (χ2v) is 13.0. The van der Waals surface area contributed by atoms with Crippen LogP contribution in [-0.4, -0.2) is 62.8 Å². The summed E-state index contributed by atoms with van der Waals surface area (Å²) in [4.78, 5) is 17.5. The summed E-state index contributed by atoms with van der Waals surface area (Å²) in [5.74, 6) is 6.22. The minimum Gasteiger partial charge on any atom is -0.454 e. The van der Waals surface area contributed by atoms with Crippen molar-refractivity contribution in [2.24, 2.45) is 0 Å². The van der Waals surface area contributed by atoms with Crippen molar-refractivity contribution in [3.05, 3.63) is 64.9 Å². The monoisotopic (exact) mass is 718 g/mol. The molecular weight excluding hydrogens is 679 g/mol. The van der Waals surface area contributed by atoms with Crippen LogP contribution in [0.1, 0.15) is 63.0 Å². The lowest BCUT2D eigenvalue weighted by Crippen LogP contribution is -2.29. The van der Waals surface area contributed by atoms with Gasteiger partial charge in [0.15, 0.2) is 23.0 Å². The largest absolute Gasteiger partial charge is 0.488 e. The molecule has 4 aliphatic rings. The van der Waals surface area contributed by atoms with Crippen LogP contribution in [0.2, 0.25) is 0 Å². The summed E-state index contributed by atoms with van der Waals surface area (Å²) in [5.41, 5.74) is 2.46. The third kappa shape index (κ3) is 8.66. The number of aryl methyl sites for hydroxylation is 2. The van der Waals surface area contributed by atoms with Crippen molar-refractivity contribution in [1.82, 2.24) is 19.9 Å². The lowest BCUT2D eigenvalue weighted by Gasteiger charge is -2.16. The summed E-state index contributed by atoms with van der Waals surface area (Å²) in [6, 6.07) is 11.9. The van der Waals surface area contributed by atoms with E-state index < -0.39 is 7.12 Å². The fraction of sp³-hybridized carbons (Fsp3) is 0.412. The van der Waals surface area contributed by atoms with Gasteiger partial charge in [0, 0.05) is 30.0 Å². The van der Waals surface area contributed by atoms with Gasteiger partial charge in [0.05, 0.1) is 4.47 Å². The zero-order valence-corrected chi connectivity index (χ0v) is 28.7. The molecule has 0 atom stereocenters. The van der Waals surface area contributed by atoms with E-state index in [0.717, 1.165) is 50.4 Å². The molecular formula is C34H40BBrN6O6. The van der Waals surface area contributed by atoms with E-state index >= 15 is 0 Å². The maximum Gasteiger partial charge on any atom is 0.488 e. The molecule has 0 bridgehead atoms. The van der Waals surface area contributed by atoms with Crippen molar-refractivity contribution >= 4 is 40.1 Å². The molecule has 8 rings (SSSR count). The number of ether oxygens (including phenoxy) is 4. The van der Waals surface area contributed by atoms with Crippen LogP contribution in [0.4, 0.5) is 11.6 Å². The smallest absolute Gasteiger partial charge is 0.454 e. The Morgan fingerprint density at radius 2 is 1.21 bits per heavy atom.